The van der Waals surface area contributed by atoms with Crippen LogP contribution in [0, 0.1) is 0 Å². The maximum Gasteiger partial charge on any atom is 0.187 e. The number of nitrogens with one attached hydrogen (secondary N) is 2. The third kappa shape index (κ3) is 16.1. The van der Waals surface area contributed by atoms with Crippen LogP contribution in [0.1, 0.15) is 13.8 Å². The summed E-state index contributed by atoms with van der Waals surface area (Å²) in [5, 5.41) is 297. The van der Waals surface area contributed by atoms with Gasteiger partial charge in [-0.3, -0.25) is 5.32 Å². The van der Waals surface area contributed by atoms with Crippen molar-refractivity contribution < 1.29 is 199 Å². The van der Waals surface area contributed by atoms with E-state index in [-0.39, 0.29) is 11.1 Å². The fourth-order valence-corrected chi connectivity index (χ4v) is 13.5. The van der Waals surface area contributed by atoms with Crippen molar-refractivity contribution in [2.45, 2.75) is 277 Å². The maximum atomic E-state index is 11.5. The Hall–Kier alpha value is -2.20. The Morgan fingerprint density at radius 3 is 1.07 bits per heavy atom. The molecule has 0 amide bonds. The molecule has 0 saturated carbocycles. The highest BCUT2D eigenvalue weighted by atomic mass is 16.8. The van der Waals surface area contributed by atoms with Gasteiger partial charge in [-0.15, -0.1) is 0 Å². The summed E-state index contributed by atoms with van der Waals surface area (Å²) in [5.74, 6) is 0. The lowest BCUT2D eigenvalue weighted by atomic mass is 9.86. The fraction of sp³-hybridized carbons (Fsp3) is 0.929. The SMILES string of the molecule is C[C@H]1O[C@H](O[C@H]2[C@H](O)[C@@H](O)[C@@H](O[C@H]3[C@H](O)[C@@H](O)[C@@H](O[C@H]4[C@H](O)[C@@H](O)[C@@H](N[C@H]5C=C(CO)[C@@H](O[C@H]6[C@H](O)[C@@H](O)[C@@H](O[C@H]7[C@H](O)[C@@H](O)[C@@H](O[C@H]8[C@H](O)[C@@H](O)[C@H](O)O[C@@H]8CO)O[C@@H]7CO)O[C@@H]6C)[C@H](O)[C@H]5O)O[C@@H]4CO)O[C@@H]3CO)O[C@@H]2CO)[C@H](O)[C@@H](O)[C@@H]1N[C@H]1C=C(CO)[C@@H](O)[C@H](O)[C@H]1O. The van der Waals surface area contributed by atoms with Gasteiger partial charge in [0.25, 0.3) is 0 Å². The molecule has 98 heavy (non-hydrogen) atoms. The van der Waals surface area contributed by atoms with Crippen LogP contribution in [0.3, 0.4) is 0 Å². The molecule has 43 atom stereocenters. The molecule has 0 spiro atoms. The minimum atomic E-state index is -2.21. The van der Waals surface area contributed by atoms with E-state index in [1.54, 1.807) is 0 Å². The van der Waals surface area contributed by atoms with Crippen LogP contribution in [-0.2, 0) is 61.6 Å². The van der Waals surface area contributed by atoms with Gasteiger partial charge < -0.3 is 205 Å². The smallest absolute Gasteiger partial charge is 0.187 e. The summed E-state index contributed by atoms with van der Waals surface area (Å²) < 4.78 is 74.0. The van der Waals surface area contributed by atoms with Crippen LogP contribution in [0.25, 0.3) is 0 Å². The molecule has 0 radical (unpaired) electrons. The van der Waals surface area contributed by atoms with E-state index in [9.17, 15) is 138 Å². The van der Waals surface area contributed by atoms with Crippen LogP contribution in [0.2, 0.25) is 0 Å². The Bertz CT molecular complexity index is 2550. The molecule has 7 saturated heterocycles. The number of hydrogen-bond acceptors (Lipinski definition) is 42. The molecule has 7 fully saturated rings. The van der Waals surface area contributed by atoms with Gasteiger partial charge in [-0.2, -0.15) is 0 Å². The standard InChI is InChI=1S/C56H94N2O40/c1-12-23(57-16-3-14(5-59)24(66)28(70)25(16)67)27(69)38(80)52(86-12)94-47-20(9-63)91-56(41(83)33(47)75)98-49-22(11-65)92-54(42(84)35(49)77)96-45-18(7-61)88-50(36(78)30(45)72)58-17-4-15(6-60)44(29(71)26(17)68)93-43-13(2)87-53(39(81)32(43)74)95-48-21(10-64)90-55(40(82)34(48)76)97-46-19(8-62)89-51(85)37(79)31(46)73/h3-4,12-13,16-85H,5-11H2,1-2H3/t12-,13-,16+,17+,18-,19-,20-,21-,22-,23-,24-,25+,26+,27+,28+,29-,30-,31-,32-,33-,34-,35-,36-,37-,38-,39-,40-,41-,42-,43-,44-,45-,46-,47-,48-,49-,50+,51-,52-,53-,54-,55-,56-/m1/s1. The predicted octanol–water partition coefficient (Wildman–Crippen LogP) is -18.3. The minimum absolute atomic E-state index is 0.0442. The zero-order valence-corrected chi connectivity index (χ0v) is 52.3. The summed E-state index contributed by atoms with van der Waals surface area (Å²) in [7, 11) is 0. The molecule has 7 aliphatic heterocycles. The molecule has 42 nitrogen and oxygen atoms in total. The first-order valence-electron chi connectivity index (χ1n) is 31.7. The van der Waals surface area contributed by atoms with Gasteiger partial charge in [-0.1, -0.05) is 12.2 Å². The van der Waals surface area contributed by atoms with Gasteiger partial charge in [0.1, 0.15) is 195 Å². The minimum Gasteiger partial charge on any atom is -0.394 e. The first-order valence-corrected chi connectivity index (χ1v) is 31.7. The first kappa shape index (κ1) is 79.9. The molecule has 0 unspecified atom stereocenters. The average molecular weight is 1440 g/mol. The summed E-state index contributed by atoms with van der Waals surface area (Å²) in [4.78, 5) is 0. The van der Waals surface area contributed by atoms with Crippen molar-refractivity contribution in [1.82, 2.24) is 10.6 Å². The maximum absolute atomic E-state index is 11.5. The third-order valence-corrected chi connectivity index (χ3v) is 19.3. The molecule has 568 valence electrons. The van der Waals surface area contributed by atoms with Gasteiger partial charge in [0.15, 0.2) is 37.7 Å². The van der Waals surface area contributed by atoms with Crippen molar-refractivity contribution in [3.63, 3.8) is 0 Å². The van der Waals surface area contributed by atoms with Crippen molar-refractivity contribution in [3.05, 3.63) is 23.3 Å². The van der Waals surface area contributed by atoms with Crippen molar-refractivity contribution in [3.8, 4) is 0 Å². The second kappa shape index (κ2) is 33.9. The normalized spacial score (nSPS) is 52.9. The Morgan fingerprint density at radius 2 is 0.643 bits per heavy atom. The Balaban J connectivity index is 0.773. The molecule has 9 rings (SSSR count). The van der Waals surface area contributed by atoms with Crippen LogP contribution >= 0.6 is 0 Å². The van der Waals surface area contributed by atoms with Gasteiger partial charge in [-0.05, 0) is 25.0 Å². The van der Waals surface area contributed by atoms with Crippen LogP contribution in [0.5, 0.6) is 0 Å². The molecular formula is C56H94N2O40. The summed E-state index contributed by atoms with van der Waals surface area (Å²) in [6.07, 6.45) is -71.5. The number of ether oxygens (including phenoxy) is 13. The molecule has 0 aromatic heterocycles. The second-order valence-electron chi connectivity index (χ2n) is 25.6. The average Bonchev–Trinajstić information content (AvgIpc) is 0.778. The molecule has 0 aromatic carbocycles. The van der Waals surface area contributed by atoms with Crippen LogP contribution < -0.4 is 10.6 Å². The largest absolute Gasteiger partial charge is 0.394 e. The van der Waals surface area contributed by atoms with Gasteiger partial charge in [-0.25, -0.2) is 0 Å². The van der Waals surface area contributed by atoms with E-state index in [0.29, 0.717) is 0 Å². The molecule has 29 N–H and O–H groups in total. The van der Waals surface area contributed by atoms with Gasteiger partial charge in [0, 0.05) is 0 Å². The molecule has 2 aliphatic carbocycles. The van der Waals surface area contributed by atoms with E-state index in [4.69, 9.17) is 61.6 Å². The number of aliphatic hydroxyl groups excluding tert-OH is 27. The first-order chi connectivity index (χ1) is 46.4. The summed E-state index contributed by atoms with van der Waals surface area (Å²) in [5.41, 5.74) is -0.235. The lowest BCUT2D eigenvalue weighted by molar-refractivity contribution is -0.383. The number of aliphatic hydroxyl groups is 27. The zero-order valence-electron chi connectivity index (χ0n) is 52.3. The molecule has 7 heterocycles. The quantitative estimate of drug-likeness (QED) is 0.0422. The number of hydrogen-bond donors (Lipinski definition) is 29. The monoisotopic (exact) mass is 1430 g/mol. The summed E-state index contributed by atoms with van der Waals surface area (Å²) in [6, 6.07) is -3.89. The number of rotatable bonds is 23. The topological polar surface area (TPSA) is 690 Å². The van der Waals surface area contributed by atoms with Gasteiger partial charge in [0.05, 0.1) is 76.6 Å². The van der Waals surface area contributed by atoms with Crippen LogP contribution in [-0.4, -0.2) is 448 Å². The molecule has 0 bridgehead atoms. The van der Waals surface area contributed by atoms with Crippen LogP contribution in [0.15, 0.2) is 23.3 Å². The van der Waals surface area contributed by atoms with Crippen LogP contribution in [0.4, 0.5) is 0 Å². The Kier molecular flexibility index (Phi) is 27.7. The van der Waals surface area contributed by atoms with E-state index in [1.807, 2.05) is 0 Å². The second-order valence-corrected chi connectivity index (χ2v) is 25.6. The van der Waals surface area contributed by atoms with E-state index in [1.165, 1.54) is 19.9 Å². The predicted molar refractivity (Wildman–Crippen MR) is 305 cm³/mol. The zero-order chi connectivity index (χ0) is 72.0. The van der Waals surface area contributed by atoms with Crippen molar-refractivity contribution in [2.75, 3.05) is 46.2 Å². The van der Waals surface area contributed by atoms with Crippen molar-refractivity contribution in [1.29, 1.82) is 0 Å². The lowest BCUT2D eigenvalue weighted by Gasteiger charge is -2.49. The fourth-order valence-electron chi connectivity index (χ4n) is 13.5. The molecule has 9 aliphatic rings. The highest BCUT2D eigenvalue weighted by molar-refractivity contribution is 5.24. The highest BCUT2D eigenvalue weighted by Crippen LogP contribution is 2.39. The van der Waals surface area contributed by atoms with Crippen molar-refractivity contribution in [2.24, 2.45) is 0 Å². The van der Waals surface area contributed by atoms with Gasteiger partial charge >= 0.3 is 0 Å². The third-order valence-electron chi connectivity index (χ3n) is 19.3. The molecule has 0 aromatic rings. The van der Waals surface area contributed by atoms with Crippen molar-refractivity contribution >= 4 is 0 Å². The van der Waals surface area contributed by atoms with Gasteiger partial charge in [0.2, 0.25) is 0 Å². The molecular weight excluding hydrogens is 1340 g/mol. The Labute approximate surface area is 555 Å². The summed E-state index contributed by atoms with van der Waals surface area (Å²) >= 11 is 0. The van der Waals surface area contributed by atoms with E-state index >= 15 is 0 Å². The Morgan fingerprint density at radius 1 is 0.306 bits per heavy atom. The highest BCUT2D eigenvalue weighted by Gasteiger charge is 2.59. The lowest BCUT2D eigenvalue weighted by Crippen LogP contribution is -2.69. The van der Waals surface area contributed by atoms with E-state index in [0.717, 1.165) is 6.08 Å². The molecule has 42 heteroatoms. The summed E-state index contributed by atoms with van der Waals surface area (Å²) in [6.45, 7) is -3.77. The van der Waals surface area contributed by atoms with E-state index in [2.05, 4.69) is 10.6 Å². The van der Waals surface area contributed by atoms with E-state index < -0.39 is 310 Å².